The lowest BCUT2D eigenvalue weighted by Crippen LogP contribution is -2.19. The molecule has 2 aromatic carbocycles. The van der Waals surface area contributed by atoms with Gasteiger partial charge in [0.2, 0.25) is 0 Å². The van der Waals surface area contributed by atoms with Gasteiger partial charge in [-0.25, -0.2) is 5.01 Å². The number of carbonyl (C=O) groups is 1. The van der Waals surface area contributed by atoms with Gasteiger partial charge in [-0.15, -0.1) is 0 Å². The molecule has 0 fully saturated rings. The summed E-state index contributed by atoms with van der Waals surface area (Å²) in [5.41, 5.74) is 1.59. The number of ether oxygens (including phenoxy) is 1. The molecular formula is C16H14N2O2. The molecule has 0 saturated heterocycles. The maximum absolute atomic E-state index is 11.7. The van der Waals surface area contributed by atoms with Crippen LogP contribution in [0.1, 0.15) is 13.3 Å². The average molecular weight is 266 g/mol. The topological polar surface area (TPSA) is 41.9 Å². The Labute approximate surface area is 117 Å². The fraction of sp³-hybridized carbons (Fsp3) is 0.125. The smallest absolute Gasteiger partial charge is 0.253 e. The number of hydrogen-bond acceptors (Lipinski definition) is 3. The van der Waals surface area contributed by atoms with Crippen LogP contribution in [0.4, 0.5) is 5.69 Å². The van der Waals surface area contributed by atoms with Gasteiger partial charge in [0.1, 0.15) is 11.5 Å². The van der Waals surface area contributed by atoms with Gasteiger partial charge in [0, 0.05) is 5.71 Å². The van der Waals surface area contributed by atoms with Crippen molar-refractivity contribution in [2.75, 3.05) is 5.01 Å². The Bertz CT molecular complexity index is 648. The fourth-order valence-electron chi connectivity index (χ4n) is 2.04. The maximum Gasteiger partial charge on any atom is 0.253 e. The summed E-state index contributed by atoms with van der Waals surface area (Å²) in [6.45, 7) is 1.85. The molecule has 1 aliphatic heterocycles. The number of hydrogen-bond donors (Lipinski definition) is 0. The van der Waals surface area contributed by atoms with Crippen molar-refractivity contribution in [1.29, 1.82) is 0 Å². The third-order valence-electron chi connectivity index (χ3n) is 2.97. The predicted octanol–water partition coefficient (Wildman–Crippen LogP) is 3.59. The van der Waals surface area contributed by atoms with Crippen molar-refractivity contribution in [3.8, 4) is 11.5 Å². The zero-order valence-corrected chi connectivity index (χ0v) is 11.1. The Morgan fingerprint density at radius 2 is 1.65 bits per heavy atom. The van der Waals surface area contributed by atoms with Gasteiger partial charge >= 0.3 is 0 Å². The molecule has 0 saturated carbocycles. The summed E-state index contributed by atoms with van der Waals surface area (Å²) in [5, 5.41) is 5.65. The lowest BCUT2D eigenvalue weighted by atomic mass is 10.2. The third-order valence-corrected chi connectivity index (χ3v) is 2.97. The fourth-order valence-corrected chi connectivity index (χ4v) is 2.04. The first-order valence-corrected chi connectivity index (χ1v) is 6.42. The van der Waals surface area contributed by atoms with E-state index in [1.165, 1.54) is 5.01 Å². The highest BCUT2D eigenvalue weighted by atomic mass is 16.5. The van der Waals surface area contributed by atoms with Crippen LogP contribution in [0.2, 0.25) is 0 Å². The SMILES string of the molecule is CC1=NN(c2ccc(Oc3ccccc3)cc2)C(=O)C1. The van der Waals surface area contributed by atoms with Gasteiger partial charge in [-0.05, 0) is 43.3 Å². The summed E-state index contributed by atoms with van der Waals surface area (Å²) < 4.78 is 5.70. The molecule has 1 heterocycles. The van der Waals surface area contributed by atoms with Crippen LogP contribution in [-0.4, -0.2) is 11.6 Å². The van der Waals surface area contributed by atoms with Crippen molar-refractivity contribution < 1.29 is 9.53 Å². The third kappa shape index (κ3) is 2.54. The minimum Gasteiger partial charge on any atom is -0.457 e. The molecule has 0 unspecified atom stereocenters. The lowest BCUT2D eigenvalue weighted by molar-refractivity contribution is -0.116. The molecule has 0 aliphatic carbocycles. The van der Waals surface area contributed by atoms with Crippen molar-refractivity contribution in [2.24, 2.45) is 5.10 Å². The second kappa shape index (κ2) is 5.17. The molecule has 4 heteroatoms. The largest absolute Gasteiger partial charge is 0.457 e. The maximum atomic E-state index is 11.7. The van der Waals surface area contributed by atoms with Gasteiger partial charge in [0.15, 0.2) is 0 Å². The molecule has 1 amide bonds. The van der Waals surface area contributed by atoms with E-state index in [0.29, 0.717) is 6.42 Å². The Hall–Kier alpha value is -2.62. The molecule has 1 aliphatic rings. The van der Waals surface area contributed by atoms with Crippen molar-refractivity contribution in [1.82, 2.24) is 0 Å². The van der Waals surface area contributed by atoms with Gasteiger partial charge in [-0.1, -0.05) is 18.2 Å². The molecule has 100 valence electrons. The van der Waals surface area contributed by atoms with E-state index >= 15 is 0 Å². The standard InChI is InChI=1S/C16H14N2O2/c1-12-11-16(19)18(17-12)13-7-9-15(10-8-13)20-14-5-3-2-4-6-14/h2-10H,11H2,1H3. The number of rotatable bonds is 3. The summed E-state index contributed by atoms with van der Waals surface area (Å²) in [6.07, 6.45) is 0.391. The van der Waals surface area contributed by atoms with Crippen molar-refractivity contribution in [3.63, 3.8) is 0 Å². The first kappa shape index (κ1) is 12.4. The number of anilines is 1. The minimum atomic E-state index is -0.000715. The normalized spacial score (nSPS) is 14.3. The van der Waals surface area contributed by atoms with Crippen molar-refractivity contribution in [2.45, 2.75) is 13.3 Å². The zero-order valence-electron chi connectivity index (χ0n) is 11.1. The number of amides is 1. The Morgan fingerprint density at radius 1 is 1.00 bits per heavy atom. The molecule has 0 N–H and O–H groups in total. The van der Waals surface area contributed by atoms with E-state index in [4.69, 9.17) is 4.74 Å². The van der Waals surface area contributed by atoms with Gasteiger partial charge < -0.3 is 4.74 Å². The van der Waals surface area contributed by atoms with Crippen LogP contribution in [0.25, 0.3) is 0 Å². The van der Waals surface area contributed by atoms with E-state index in [1.54, 1.807) is 0 Å². The molecule has 0 radical (unpaired) electrons. The summed E-state index contributed by atoms with van der Waals surface area (Å²) in [7, 11) is 0. The highest BCUT2D eigenvalue weighted by molar-refractivity contribution is 6.12. The summed E-state index contributed by atoms with van der Waals surface area (Å²) in [6, 6.07) is 16.9. The number of carbonyl (C=O) groups excluding carboxylic acids is 1. The number of hydrazone groups is 1. The molecule has 0 atom stereocenters. The molecule has 0 spiro atoms. The zero-order chi connectivity index (χ0) is 13.9. The van der Waals surface area contributed by atoms with Crippen LogP contribution in [0.5, 0.6) is 11.5 Å². The molecule has 4 nitrogen and oxygen atoms in total. The molecule has 20 heavy (non-hydrogen) atoms. The molecule has 0 aromatic heterocycles. The number of para-hydroxylation sites is 1. The van der Waals surface area contributed by atoms with Crippen molar-refractivity contribution >= 4 is 17.3 Å². The number of benzene rings is 2. The monoisotopic (exact) mass is 266 g/mol. The highest BCUT2D eigenvalue weighted by Crippen LogP contribution is 2.26. The Morgan fingerprint density at radius 3 is 2.25 bits per heavy atom. The van der Waals surface area contributed by atoms with Gasteiger partial charge in [0.25, 0.3) is 5.91 Å². The van der Waals surface area contributed by atoms with Crippen LogP contribution in [0.3, 0.4) is 0 Å². The van der Waals surface area contributed by atoms with E-state index < -0.39 is 0 Å². The Kier molecular flexibility index (Phi) is 3.21. The van der Waals surface area contributed by atoms with Crippen LogP contribution < -0.4 is 9.75 Å². The second-order valence-corrected chi connectivity index (χ2v) is 4.63. The van der Waals surface area contributed by atoms with E-state index in [-0.39, 0.29) is 5.91 Å². The van der Waals surface area contributed by atoms with E-state index in [1.807, 2.05) is 61.5 Å². The first-order valence-electron chi connectivity index (χ1n) is 6.42. The highest BCUT2D eigenvalue weighted by Gasteiger charge is 2.22. The molecular weight excluding hydrogens is 252 g/mol. The summed E-state index contributed by atoms with van der Waals surface area (Å²) in [4.78, 5) is 11.7. The summed E-state index contributed by atoms with van der Waals surface area (Å²) >= 11 is 0. The molecule has 2 aromatic rings. The van der Waals surface area contributed by atoms with Crippen LogP contribution >= 0.6 is 0 Å². The van der Waals surface area contributed by atoms with E-state index in [2.05, 4.69) is 5.10 Å². The minimum absolute atomic E-state index is 0.000715. The average Bonchev–Trinajstić information content (AvgIpc) is 2.80. The van der Waals surface area contributed by atoms with Gasteiger partial charge in [-0.2, -0.15) is 5.10 Å². The summed E-state index contributed by atoms with van der Waals surface area (Å²) in [5.74, 6) is 1.51. The van der Waals surface area contributed by atoms with Crippen LogP contribution in [0, 0.1) is 0 Å². The second-order valence-electron chi connectivity index (χ2n) is 4.63. The van der Waals surface area contributed by atoms with Crippen molar-refractivity contribution in [3.05, 3.63) is 54.6 Å². The van der Waals surface area contributed by atoms with Crippen LogP contribution in [0.15, 0.2) is 59.7 Å². The molecule has 3 rings (SSSR count). The number of nitrogens with zero attached hydrogens (tertiary/aromatic N) is 2. The lowest BCUT2D eigenvalue weighted by Gasteiger charge is -2.12. The Balaban J connectivity index is 1.77. The quantitative estimate of drug-likeness (QED) is 0.851. The first-order chi connectivity index (χ1) is 9.72. The van der Waals surface area contributed by atoms with E-state index in [0.717, 1.165) is 22.9 Å². The molecule has 0 bridgehead atoms. The van der Waals surface area contributed by atoms with Crippen LogP contribution in [-0.2, 0) is 4.79 Å². The van der Waals surface area contributed by atoms with E-state index in [9.17, 15) is 4.79 Å². The van der Waals surface area contributed by atoms with Gasteiger partial charge in [-0.3, -0.25) is 4.79 Å². The van der Waals surface area contributed by atoms with Gasteiger partial charge in [0.05, 0.1) is 12.1 Å². The predicted molar refractivity (Wildman–Crippen MR) is 78.2 cm³/mol.